The molecule has 0 bridgehead atoms. The molecule has 0 unspecified atom stereocenters. The predicted molar refractivity (Wildman–Crippen MR) is 70.3 cm³/mol. The van der Waals surface area contributed by atoms with Crippen molar-refractivity contribution >= 4 is 23.4 Å². The Labute approximate surface area is 109 Å². The molecule has 1 aromatic rings. The fourth-order valence-corrected chi connectivity index (χ4v) is 2.67. The van der Waals surface area contributed by atoms with E-state index in [-0.39, 0.29) is 16.1 Å². The van der Waals surface area contributed by atoms with Gasteiger partial charge in [0.05, 0.1) is 15.4 Å². The molecule has 1 aromatic carbocycles. The lowest BCUT2D eigenvalue weighted by Gasteiger charge is -2.06. The number of aromatic carboxylic acids is 1. The normalized spacial score (nSPS) is 10.3. The van der Waals surface area contributed by atoms with Gasteiger partial charge in [-0.1, -0.05) is 25.8 Å². The summed E-state index contributed by atoms with van der Waals surface area (Å²) < 4.78 is 0. The highest BCUT2D eigenvalue weighted by Gasteiger charge is 2.21. The maximum Gasteiger partial charge on any atom is 0.337 e. The zero-order chi connectivity index (χ0) is 13.5. The minimum absolute atomic E-state index is 0.00528. The van der Waals surface area contributed by atoms with Gasteiger partial charge >= 0.3 is 5.97 Å². The van der Waals surface area contributed by atoms with E-state index in [4.69, 9.17) is 5.11 Å². The summed E-state index contributed by atoms with van der Waals surface area (Å²) in [5.41, 5.74) is -0.123. The highest BCUT2D eigenvalue weighted by molar-refractivity contribution is 7.99. The van der Waals surface area contributed by atoms with Crippen LogP contribution in [0.15, 0.2) is 23.1 Å². The Morgan fingerprint density at radius 1 is 1.44 bits per heavy atom. The van der Waals surface area contributed by atoms with Crippen LogP contribution in [0.2, 0.25) is 0 Å². The van der Waals surface area contributed by atoms with Crippen molar-refractivity contribution in [2.24, 2.45) is 0 Å². The number of unbranched alkanes of at least 4 members (excludes halogenated alkanes) is 2. The van der Waals surface area contributed by atoms with Crippen LogP contribution in [-0.2, 0) is 0 Å². The largest absolute Gasteiger partial charge is 0.478 e. The van der Waals surface area contributed by atoms with E-state index in [2.05, 4.69) is 6.92 Å². The Bertz CT molecular complexity index is 415. The van der Waals surface area contributed by atoms with Crippen LogP contribution < -0.4 is 0 Å². The zero-order valence-corrected chi connectivity index (χ0v) is 10.9. The van der Waals surface area contributed by atoms with Crippen LogP contribution in [0, 0.1) is 10.1 Å². The molecule has 0 aromatic heterocycles. The third kappa shape index (κ3) is 3.73. The Morgan fingerprint density at radius 3 is 2.72 bits per heavy atom. The van der Waals surface area contributed by atoms with Crippen molar-refractivity contribution in [2.45, 2.75) is 31.1 Å². The molecule has 0 aliphatic heterocycles. The molecule has 0 amide bonds. The number of rotatable bonds is 7. The van der Waals surface area contributed by atoms with Crippen LogP contribution in [-0.4, -0.2) is 21.8 Å². The van der Waals surface area contributed by atoms with E-state index in [1.54, 1.807) is 0 Å². The first kappa shape index (κ1) is 14.5. The molecule has 0 spiro atoms. The van der Waals surface area contributed by atoms with Crippen molar-refractivity contribution < 1.29 is 14.8 Å². The molecular formula is C12H15NO4S. The number of nitro benzene ring substituents is 1. The molecule has 0 fully saturated rings. The average molecular weight is 269 g/mol. The number of nitrogens with zero attached hydrogens (tertiary/aromatic N) is 1. The molecule has 0 aliphatic carbocycles. The third-order valence-electron chi connectivity index (χ3n) is 2.42. The highest BCUT2D eigenvalue weighted by atomic mass is 32.2. The summed E-state index contributed by atoms with van der Waals surface area (Å²) in [6, 6.07) is 4.14. The summed E-state index contributed by atoms with van der Waals surface area (Å²) in [5.74, 6) is -0.435. The Morgan fingerprint density at radius 2 is 2.17 bits per heavy atom. The number of thioether (sulfide) groups is 1. The van der Waals surface area contributed by atoms with Crippen LogP contribution in [0.5, 0.6) is 0 Å². The number of carbonyl (C=O) groups is 1. The summed E-state index contributed by atoms with van der Waals surface area (Å²) in [6.07, 6.45) is 3.02. The molecule has 0 radical (unpaired) electrons. The molecule has 0 atom stereocenters. The van der Waals surface area contributed by atoms with Gasteiger partial charge in [-0.3, -0.25) is 10.1 Å². The van der Waals surface area contributed by atoms with E-state index in [1.807, 2.05) is 0 Å². The lowest BCUT2D eigenvalue weighted by atomic mass is 10.2. The summed E-state index contributed by atoms with van der Waals surface area (Å²) in [7, 11) is 0. The molecule has 98 valence electrons. The smallest absolute Gasteiger partial charge is 0.337 e. The van der Waals surface area contributed by atoms with Crippen molar-refractivity contribution in [3.05, 3.63) is 33.9 Å². The van der Waals surface area contributed by atoms with Gasteiger partial charge in [0, 0.05) is 6.07 Å². The second kappa shape index (κ2) is 7.00. The van der Waals surface area contributed by atoms with Crippen molar-refractivity contribution in [3.63, 3.8) is 0 Å². The quantitative estimate of drug-likeness (QED) is 0.354. The van der Waals surface area contributed by atoms with Crippen LogP contribution >= 0.6 is 11.8 Å². The van der Waals surface area contributed by atoms with Crippen molar-refractivity contribution in [1.29, 1.82) is 0 Å². The molecule has 0 aliphatic rings. The topological polar surface area (TPSA) is 80.4 Å². The molecule has 0 heterocycles. The fraction of sp³-hybridized carbons (Fsp3) is 0.417. The molecule has 0 saturated carbocycles. The molecule has 1 N–H and O–H groups in total. The molecule has 6 heteroatoms. The number of carboxylic acid groups (broad SMARTS) is 1. The molecule has 0 saturated heterocycles. The first-order chi connectivity index (χ1) is 8.57. The Balaban J connectivity index is 2.96. The van der Waals surface area contributed by atoms with Crippen LogP contribution in [0.3, 0.4) is 0 Å². The van der Waals surface area contributed by atoms with Crippen molar-refractivity contribution in [1.82, 2.24) is 0 Å². The van der Waals surface area contributed by atoms with Crippen LogP contribution in [0.25, 0.3) is 0 Å². The van der Waals surface area contributed by atoms with Gasteiger partial charge in [0.2, 0.25) is 0 Å². The van der Waals surface area contributed by atoms with E-state index in [0.29, 0.717) is 5.75 Å². The van der Waals surface area contributed by atoms with E-state index < -0.39 is 10.9 Å². The highest BCUT2D eigenvalue weighted by Crippen LogP contribution is 2.33. The Kier molecular flexibility index (Phi) is 5.64. The first-order valence-corrected chi connectivity index (χ1v) is 6.70. The van der Waals surface area contributed by atoms with Gasteiger partial charge in [0.1, 0.15) is 0 Å². The van der Waals surface area contributed by atoms with E-state index in [1.165, 1.54) is 30.0 Å². The zero-order valence-electron chi connectivity index (χ0n) is 10.1. The van der Waals surface area contributed by atoms with E-state index in [0.717, 1.165) is 19.3 Å². The second-order valence-corrected chi connectivity index (χ2v) is 4.88. The summed E-state index contributed by atoms with van der Waals surface area (Å²) in [5, 5.41) is 19.9. The van der Waals surface area contributed by atoms with Gasteiger partial charge in [-0.25, -0.2) is 4.79 Å². The lowest BCUT2D eigenvalue weighted by Crippen LogP contribution is -2.02. The summed E-state index contributed by atoms with van der Waals surface area (Å²) in [6.45, 7) is 2.07. The van der Waals surface area contributed by atoms with E-state index in [9.17, 15) is 14.9 Å². The SMILES string of the molecule is CCCCCSc1c(C(=O)O)cccc1[N+](=O)[O-]. The predicted octanol–water partition coefficient (Wildman–Crippen LogP) is 3.58. The number of nitro groups is 1. The van der Waals surface area contributed by atoms with Gasteiger partial charge < -0.3 is 5.11 Å². The summed E-state index contributed by atoms with van der Waals surface area (Å²) >= 11 is 1.25. The van der Waals surface area contributed by atoms with Gasteiger partial charge in [-0.15, -0.1) is 11.8 Å². The molecular weight excluding hydrogens is 254 g/mol. The number of carboxylic acids is 1. The molecule has 5 nitrogen and oxygen atoms in total. The lowest BCUT2D eigenvalue weighted by molar-refractivity contribution is -0.387. The average Bonchev–Trinajstić information content (AvgIpc) is 2.34. The maximum absolute atomic E-state index is 11.0. The first-order valence-electron chi connectivity index (χ1n) is 5.71. The number of benzene rings is 1. The van der Waals surface area contributed by atoms with Crippen LogP contribution in [0.1, 0.15) is 36.5 Å². The molecule has 18 heavy (non-hydrogen) atoms. The van der Waals surface area contributed by atoms with Crippen molar-refractivity contribution in [2.75, 3.05) is 5.75 Å². The van der Waals surface area contributed by atoms with Gasteiger partial charge in [0.15, 0.2) is 0 Å². The minimum atomic E-state index is -1.13. The summed E-state index contributed by atoms with van der Waals surface area (Å²) in [4.78, 5) is 21.7. The maximum atomic E-state index is 11.0. The number of hydrogen-bond donors (Lipinski definition) is 1. The molecule has 1 rings (SSSR count). The fourth-order valence-electron chi connectivity index (χ4n) is 1.51. The van der Waals surface area contributed by atoms with Crippen molar-refractivity contribution in [3.8, 4) is 0 Å². The van der Waals surface area contributed by atoms with Gasteiger partial charge in [-0.2, -0.15) is 0 Å². The van der Waals surface area contributed by atoms with Gasteiger partial charge in [-0.05, 0) is 18.2 Å². The monoisotopic (exact) mass is 269 g/mol. The van der Waals surface area contributed by atoms with E-state index >= 15 is 0 Å². The minimum Gasteiger partial charge on any atom is -0.478 e. The van der Waals surface area contributed by atoms with Gasteiger partial charge in [0.25, 0.3) is 5.69 Å². The Hall–Kier alpha value is -1.56. The van der Waals surface area contributed by atoms with Crippen LogP contribution in [0.4, 0.5) is 5.69 Å². The second-order valence-electron chi connectivity index (χ2n) is 3.77. The number of hydrogen-bond acceptors (Lipinski definition) is 4. The standard InChI is InChI=1S/C12H15NO4S/c1-2-3-4-8-18-11-9(12(14)15)6-5-7-10(11)13(16)17/h5-7H,2-4,8H2,1H3,(H,14,15). The third-order valence-corrected chi connectivity index (χ3v) is 3.63.